The molecule has 3 heteroatoms. The number of hydrogen-bond acceptors (Lipinski definition) is 3. The highest BCUT2D eigenvalue weighted by Gasteiger charge is 1.93. The van der Waals surface area contributed by atoms with Gasteiger partial charge in [-0.1, -0.05) is 48.5 Å². The zero-order chi connectivity index (χ0) is 14.8. The van der Waals surface area contributed by atoms with Crippen LogP contribution in [0.3, 0.4) is 0 Å². The molecule has 0 amide bonds. The van der Waals surface area contributed by atoms with Gasteiger partial charge in [0.1, 0.15) is 12.4 Å². The molecule has 18 heavy (non-hydrogen) atoms. The second kappa shape index (κ2) is 21.2. The monoisotopic (exact) mass is 256 g/mol. The van der Waals surface area contributed by atoms with Gasteiger partial charge in [-0.15, -0.1) is 0 Å². The Morgan fingerprint density at radius 2 is 1.61 bits per heavy atom. The van der Waals surface area contributed by atoms with Crippen molar-refractivity contribution in [1.29, 1.82) is 0 Å². The lowest BCUT2D eigenvalue weighted by atomic mass is 10.3. The lowest BCUT2D eigenvalue weighted by molar-refractivity contribution is 0.327. The van der Waals surface area contributed by atoms with Crippen LogP contribution in [0.1, 0.15) is 54.2 Å². The Hall–Kier alpha value is -1.09. The fourth-order valence-corrected chi connectivity index (χ4v) is 0.882. The maximum atomic E-state index is 5.29. The predicted molar refractivity (Wildman–Crippen MR) is 82.2 cm³/mol. The average molecular weight is 256 g/mol. The molecule has 0 aliphatic rings. The van der Waals surface area contributed by atoms with Gasteiger partial charge in [0.2, 0.25) is 0 Å². The van der Waals surface area contributed by atoms with Crippen molar-refractivity contribution in [2.45, 2.75) is 54.9 Å². The molecule has 0 atom stereocenters. The third-order valence-corrected chi connectivity index (χ3v) is 1.55. The molecule has 0 bridgehead atoms. The van der Waals surface area contributed by atoms with Gasteiger partial charge in [-0.2, -0.15) is 0 Å². The first-order chi connectivity index (χ1) is 8.86. The SMILES string of the molecule is CC.CC.CC.CCc1ccc(OCCN)cn1. The van der Waals surface area contributed by atoms with Gasteiger partial charge in [0.15, 0.2) is 0 Å². The largest absolute Gasteiger partial charge is 0.491 e. The molecule has 0 aliphatic heterocycles. The number of ether oxygens (including phenoxy) is 1. The highest BCUT2D eigenvalue weighted by molar-refractivity contribution is 5.19. The molecule has 0 fully saturated rings. The van der Waals surface area contributed by atoms with Gasteiger partial charge in [0.05, 0.1) is 6.20 Å². The van der Waals surface area contributed by atoms with E-state index < -0.39 is 0 Å². The quantitative estimate of drug-likeness (QED) is 0.883. The van der Waals surface area contributed by atoms with E-state index in [1.165, 1.54) is 0 Å². The summed E-state index contributed by atoms with van der Waals surface area (Å²) in [6, 6.07) is 3.88. The van der Waals surface area contributed by atoms with Crippen LogP contribution in [0.4, 0.5) is 0 Å². The van der Waals surface area contributed by atoms with Crippen molar-refractivity contribution in [1.82, 2.24) is 4.98 Å². The Kier molecular flexibility index (Phi) is 26.1. The molecule has 2 N–H and O–H groups in total. The van der Waals surface area contributed by atoms with Crippen molar-refractivity contribution >= 4 is 0 Å². The summed E-state index contributed by atoms with van der Waals surface area (Å²) in [6.07, 6.45) is 2.69. The topological polar surface area (TPSA) is 48.1 Å². The molecular weight excluding hydrogens is 224 g/mol. The first kappa shape index (κ1) is 22.1. The van der Waals surface area contributed by atoms with Crippen molar-refractivity contribution in [3.05, 3.63) is 24.0 Å². The van der Waals surface area contributed by atoms with Crippen molar-refractivity contribution in [3.8, 4) is 5.75 Å². The van der Waals surface area contributed by atoms with Gasteiger partial charge < -0.3 is 10.5 Å². The Morgan fingerprint density at radius 1 is 1.06 bits per heavy atom. The summed E-state index contributed by atoms with van der Waals surface area (Å²) >= 11 is 0. The Morgan fingerprint density at radius 3 is 1.94 bits per heavy atom. The van der Waals surface area contributed by atoms with Crippen molar-refractivity contribution < 1.29 is 4.74 Å². The van der Waals surface area contributed by atoms with Crippen LogP contribution in [0.5, 0.6) is 5.75 Å². The van der Waals surface area contributed by atoms with Gasteiger partial charge in [0, 0.05) is 12.2 Å². The molecule has 0 saturated carbocycles. The lowest BCUT2D eigenvalue weighted by Gasteiger charge is -2.03. The number of aryl methyl sites for hydroxylation is 1. The van der Waals surface area contributed by atoms with Gasteiger partial charge in [-0.05, 0) is 18.6 Å². The van der Waals surface area contributed by atoms with Gasteiger partial charge in [-0.25, -0.2) is 0 Å². The fraction of sp³-hybridized carbons (Fsp3) is 0.667. The number of hydrogen-bond donors (Lipinski definition) is 1. The number of pyridine rings is 1. The maximum absolute atomic E-state index is 5.29. The summed E-state index contributed by atoms with van der Waals surface area (Å²) in [5.41, 5.74) is 6.37. The molecule has 1 aromatic heterocycles. The molecule has 1 heterocycles. The van der Waals surface area contributed by atoms with E-state index in [0.717, 1.165) is 17.9 Å². The molecule has 1 rings (SSSR count). The summed E-state index contributed by atoms with van der Waals surface area (Å²) in [6.45, 7) is 15.2. The van der Waals surface area contributed by atoms with E-state index in [-0.39, 0.29) is 0 Å². The predicted octanol–water partition coefficient (Wildman–Crippen LogP) is 4.06. The van der Waals surface area contributed by atoms with Crippen molar-refractivity contribution in [3.63, 3.8) is 0 Å². The normalized spacial score (nSPS) is 7.56. The molecule has 0 aromatic carbocycles. The van der Waals surface area contributed by atoms with E-state index in [0.29, 0.717) is 13.2 Å². The Bertz CT molecular complexity index is 222. The summed E-state index contributed by atoms with van der Waals surface area (Å²) in [5.74, 6) is 0.789. The lowest BCUT2D eigenvalue weighted by Crippen LogP contribution is -2.10. The zero-order valence-corrected chi connectivity index (χ0v) is 13.3. The van der Waals surface area contributed by atoms with Crippen LogP contribution in [-0.2, 0) is 6.42 Å². The Labute approximate surface area is 114 Å². The standard InChI is InChI=1S/C9H14N2O.3C2H6/c1-2-8-3-4-9(7-11-8)12-6-5-10;3*1-2/h3-4,7H,2,5-6,10H2,1H3;3*1-2H3. The number of rotatable bonds is 4. The van der Waals surface area contributed by atoms with Crippen LogP contribution in [-0.4, -0.2) is 18.1 Å². The van der Waals surface area contributed by atoms with E-state index in [1.54, 1.807) is 6.20 Å². The van der Waals surface area contributed by atoms with E-state index in [2.05, 4.69) is 11.9 Å². The molecule has 0 unspecified atom stereocenters. The number of nitrogens with zero attached hydrogens (tertiary/aromatic N) is 1. The first-order valence-electron chi connectivity index (χ1n) is 7.14. The second-order valence-electron chi connectivity index (χ2n) is 2.48. The van der Waals surface area contributed by atoms with Crippen molar-refractivity contribution in [2.75, 3.05) is 13.2 Å². The maximum Gasteiger partial charge on any atom is 0.137 e. The summed E-state index contributed by atoms with van der Waals surface area (Å²) in [7, 11) is 0. The second-order valence-corrected chi connectivity index (χ2v) is 2.48. The molecule has 0 saturated heterocycles. The van der Waals surface area contributed by atoms with E-state index >= 15 is 0 Å². The molecule has 1 aromatic rings. The van der Waals surface area contributed by atoms with Crippen LogP contribution in [0.15, 0.2) is 18.3 Å². The third-order valence-electron chi connectivity index (χ3n) is 1.55. The highest BCUT2D eigenvalue weighted by Crippen LogP contribution is 2.08. The van der Waals surface area contributed by atoms with Gasteiger partial charge in [0.25, 0.3) is 0 Å². The van der Waals surface area contributed by atoms with Crippen LogP contribution in [0.25, 0.3) is 0 Å². The van der Waals surface area contributed by atoms with Gasteiger partial charge >= 0.3 is 0 Å². The first-order valence-corrected chi connectivity index (χ1v) is 7.14. The highest BCUT2D eigenvalue weighted by atomic mass is 16.5. The smallest absolute Gasteiger partial charge is 0.137 e. The minimum atomic E-state index is 0.537. The zero-order valence-electron chi connectivity index (χ0n) is 13.3. The van der Waals surface area contributed by atoms with E-state index in [9.17, 15) is 0 Å². The van der Waals surface area contributed by atoms with E-state index in [4.69, 9.17) is 10.5 Å². The summed E-state index contributed by atoms with van der Waals surface area (Å²) in [5, 5.41) is 0. The summed E-state index contributed by atoms with van der Waals surface area (Å²) in [4.78, 5) is 4.18. The molecule has 0 spiro atoms. The summed E-state index contributed by atoms with van der Waals surface area (Å²) < 4.78 is 5.27. The van der Waals surface area contributed by atoms with Gasteiger partial charge in [-0.3, -0.25) is 4.98 Å². The van der Waals surface area contributed by atoms with Crippen LogP contribution >= 0.6 is 0 Å². The average Bonchev–Trinajstić information content (AvgIpc) is 2.51. The molecule has 3 nitrogen and oxygen atoms in total. The third kappa shape index (κ3) is 13.0. The number of nitrogens with two attached hydrogens (primary N) is 1. The molecule has 0 aliphatic carbocycles. The van der Waals surface area contributed by atoms with Crippen LogP contribution < -0.4 is 10.5 Å². The van der Waals surface area contributed by atoms with E-state index in [1.807, 2.05) is 53.7 Å². The van der Waals surface area contributed by atoms with Crippen LogP contribution in [0, 0.1) is 0 Å². The van der Waals surface area contributed by atoms with Crippen molar-refractivity contribution in [2.24, 2.45) is 5.73 Å². The van der Waals surface area contributed by atoms with Crippen LogP contribution in [0.2, 0.25) is 0 Å². The molecule has 108 valence electrons. The fourth-order valence-electron chi connectivity index (χ4n) is 0.882. The minimum absolute atomic E-state index is 0.537. The molecule has 0 radical (unpaired) electrons. The minimum Gasteiger partial charge on any atom is -0.491 e. The molecular formula is C15H32N2O. The Balaban J connectivity index is -0.000000328. The number of aromatic nitrogens is 1.